The van der Waals surface area contributed by atoms with Crippen molar-refractivity contribution in [2.24, 2.45) is 0 Å². The van der Waals surface area contributed by atoms with Gasteiger partial charge in [-0.3, -0.25) is 4.90 Å². The van der Waals surface area contributed by atoms with E-state index < -0.39 is 10.0 Å². The molecule has 1 aliphatic heterocycles. The van der Waals surface area contributed by atoms with Crippen molar-refractivity contribution in [1.29, 1.82) is 0 Å². The molecule has 0 radical (unpaired) electrons. The number of nitrogens with zero attached hydrogens (tertiary/aromatic N) is 3. The Morgan fingerprint density at radius 2 is 2.00 bits per heavy atom. The van der Waals surface area contributed by atoms with Crippen LogP contribution in [-0.4, -0.2) is 54.2 Å². The number of H-pyrrole nitrogens is 1. The van der Waals surface area contributed by atoms with Crippen LogP contribution in [0.1, 0.15) is 43.5 Å². The van der Waals surface area contributed by atoms with Crippen LogP contribution in [-0.2, 0) is 10.0 Å². The quantitative estimate of drug-likeness (QED) is 0.794. The molecule has 0 unspecified atom stereocenters. The highest BCUT2D eigenvalue weighted by Gasteiger charge is 2.29. The Labute approximate surface area is 154 Å². The Morgan fingerprint density at radius 1 is 1.23 bits per heavy atom. The topological polar surface area (TPSA) is 104 Å². The Hall–Kier alpha value is -1.71. The fraction of sp³-hybridized carbons (Fsp3) is 0.647. The van der Waals surface area contributed by atoms with Crippen LogP contribution in [0.2, 0.25) is 0 Å². The Morgan fingerprint density at radius 3 is 2.65 bits per heavy atom. The molecule has 2 N–H and O–H groups in total. The van der Waals surface area contributed by atoms with E-state index in [4.69, 9.17) is 4.42 Å². The average Bonchev–Trinajstić information content (AvgIpc) is 3.12. The van der Waals surface area contributed by atoms with Crippen LogP contribution in [0.15, 0.2) is 9.31 Å². The molecule has 0 amide bonds. The average molecular weight is 382 g/mol. The number of sulfonamides is 1. The van der Waals surface area contributed by atoms with Gasteiger partial charge in [0.05, 0.1) is 5.56 Å². The van der Waals surface area contributed by atoms with Crippen molar-refractivity contribution < 1.29 is 12.8 Å². The molecule has 9 heteroatoms. The summed E-state index contributed by atoms with van der Waals surface area (Å²) in [4.78, 5) is 5.60. The van der Waals surface area contributed by atoms with E-state index in [0.29, 0.717) is 42.0 Å². The first kappa shape index (κ1) is 19.1. The lowest BCUT2D eigenvalue weighted by Gasteiger charge is -2.33. The second-order valence-electron chi connectivity index (χ2n) is 6.98. The largest absolute Gasteiger partial charge is 0.421 e. The van der Waals surface area contributed by atoms with Gasteiger partial charge in [0.1, 0.15) is 4.90 Å². The molecule has 8 nitrogen and oxygen atoms in total. The number of hydrogen-bond acceptors (Lipinski definition) is 6. The number of rotatable bonds is 6. The van der Waals surface area contributed by atoms with Gasteiger partial charge in [-0.05, 0) is 40.2 Å². The molecule has 2 aromatic heterocycles. The Kier molecular flexibility index (Phi) is 5.50. The van der Waals surface area contributed by atoms with E-state index in [1.807, 2.05) is 0 Å². The highest BCUT2D eigenvalue weighted by molar-refractivity contribution is 7.89. The number of piperidine rings is 1. The number of hydrogen-bond donors (Lipinski definition) is 2. The van der Waals surface area contributed by atoms with E-state index in [1.54, 1.807) is 20.8 Å². The molecule has 144 valence electrons. The van der Waals surface area contributed by atoms with Crippen molar-refractivity contribution in [3.05, 3.63) is 17.3 Å². The van der Waals surface area contributed by atoms with Crippen LogP contribution in [0.4, 0.5) is 0 Å². The fourth-order valence-corrected chi connectivity index (χ4v) is 5.10. The highest BCUT2D eigenvalue weighted by atomic mass is 32.2. The number of aryl methyl sites for hydroxylation is 3. The summed E-state index contributed by atoms with van der Waals surface area (Å²) in [6.45, 7) is 9.52. The predicted octanol–water partition coefficient (Wildman–Crippen LogP) is 2.14. The summed E-state index contributed by atoms with van der Waals surface area (Å²) in [5, 5.41) is 7.81. The van der Waals surface area contributed by atoms with E-state index >= 15 is 0 Å². The minimum Gasteiger partial charge on any atom is -0.421 e. The molecule has 0 saturated carbocycles. The van der Waals surface area contributed by atoms with Gasteiger partial charge >= 0.3 is 0 Å². The van der Waals surface area contributed by atoms with E-state index in [-0.39, 0.29) is 10.8 Å². The van der Waals surface area contributed by atoms with E-state index in [0.717, 1.165) is 6.54 Å². The molecule has 2 aromatic rings. The second kappa shape index (κ2) is 7.50. The summed E-state index contributed by atoms with van der Waals surface area (Å²) in [5.74, 6) is 0.614. The minimum atomic E-state index is -3.69. The van der Waals surface area contributed by atoms with Crippen LogP contribution >= 0.6 is 0 Å². The third kappa shape index (κ3) is 3.84. The summed E-state index contributed by atoms with van der Waals surface area (Å²) < 4.78 is 34.1. The zero-order valence-electron chi connectivity index (χ0n) is 15.8. The number of aromatic nitrogens is 3. The molecule has 3 heterocycles. The SMILES string of the molecule is Cc1nnc(-c2c(C)[nH]c(C)c2S(=O)(=O)NCCN2CCCC[C@@H]2C)o1. The van der Waals surface area contributed by atoms with Crippen LogP contribution in [0.25, 0.3) is 11.5 Å². The van der Waals surface area contributed by atoms with Crippen LogP contribution in [0.3, 0.4) is 0 Å². The molecule has 3 rings (SSSR count). The maximum absolute atomic E-state index is 13.0. The predicted molar refractivity (Wildman–Crippen MR) is 98.4 cm³/mol. The molecule has 0 aromatic carbocycles. The lowest BCUT2D eigenvalue weighted by Crippen LogP contribution is -2.42. The third-order valence-electron chi connectivity index (χ3n) is 4.96. The molecular formula is C17H27N5O3S. The molecule has 1 saturated heterocycles. The number of likely N-dealkylation sites (tertiary alicyclic amines) is 1. The lowest BCUT2D eigenvalue weighted by atomic mass is 10.0. The van der Waals surface area contributed by atoms with Crippen LogP contribution < -0.4 is 4.72 Å². The maximum Gasteiger partial charge on any atom is 0.250 e. The molecular weight excluding hydrogens is 354 g/mol. The zero-order valence-corrected chi connectivity index (χ0v) is 16.6. The summed E-state index contributed by atoms with van der Waals surface area (Å²) in [7, 11) is -3.69. The Bertz CT molecular complexity index is 871. The Balaban J connectivity index is 1.79. The van der Waals surface area contributed by atoms with Gasteiger partial charge < -0.3 is 9.40 Å². The first-order valence-corrected chi connectivity index (χ1v) is 10.5. The van der Waals surface area contributed by atoms with Crippen molar-refractivity contribution in [3.8, 4) is 11.5 Å². The van der Waals surface area contributed by atoms with E-state index in [9.17, 15) is 8.42 Å². The van der Waals surface area contributed by atoms with Gasteiger partial charge in [-0.15, -0.1) is 10.2 Å². The highest BCUT2D eigenvalue weighted by Crippen LogP contribution is 2.32. The summed E-state index contributed by atoms with van der Waals surface area (Å²) in [6.07, 6.45) is 3.59. The van der Waals surface area contributed by atoms with E-state index in [1.165, 1.54) is 19.3 Å². The van der Waals surface area contributed by atoms with Crippen LogP contribution in [0, 0.1) is 20.8 Å². The standard InChI is InChI=1S/C17H27N5O3S/c1-11-7-5-6-9-22(11)10-8-18-26(23,24)16-13(3)19-12(2)15(16)17-21-20-14(4)25-17/h11,18-19H,5-10H2,1-4H3/t11-/m0/s1. The van der Waals surface area contributed by atoms with Gasteiger partial charge in [0, 0.05) is 37.4 Å². The summed E-state index contributed by atoms with van der Waals surface area (Å²) >= 11 is 0. The smallest absolute Gasteiger partial charge is 0.250 e. The zero-order chi connectivity index (χ0) is 18.9. The van der Waals surface area contributed by atoms with Gasteiger partial charge in [0.2, 0.25) is 15.9 Å². The summed E-state index contributed by atoms with van der Waals surface area (Å²) in [5.41, 5.74) is 1.70. The normalized spacial score (nSPS) is 19.2. The number of aromatic amines is 1. The lowest BCUT2D eigenvalue weighted by molar-refractivity contribution is 0.164. The molecule has 1 atom stereocenters. The van der Waals surface area contributed by atoms with Gasteiger partial charge in [0.25, 0.3) is 5.89 Å². The third-order valence-corrected chi connectivity index (χ3v) is 6.59. The van der Waals surface area contributed by atoms with Crippen molar-refractivity contribution in [1.82, 2.24) is 24.8 Å². The molecule has 1 aliphatic rings. The second-order valence-corrected chi connectivity index (χ2v) is 8.69. The van der Waals surface area contributed by atoms with Gasteiger partial charge in [-0.2, -0.15) is 0 Å². The van der Waals surface area contributed by atoms with Crippen molar-refractivity contribution in [3.63, 3.8) is 0 Å². The molecule has 0 spiro atoms. The first-order chi connectivity index (χ1) is 12.3. The monoisotopic (exact) mass is 381 g/mol. The fourth-order valence-electron chi connectivity index (χ4n) is 3.63. The van der Waals surface area contributed by atoms with Crippen molar-refractivity contribution in [2.45, 2.75) is 57.9 Å². The van der Waals surface area contributed by atoms with Gasteiger partial charge in [-0.1, -0.05) is 6.42 Å². The summed E-state index contributed by atoms with van der Waals surface area (Å²) in [6, 6.07) is 0.501. The molecule has 0 bridgehead atoms. The van der Waals surface area contributed by atoms with Crippen molar-refractivity contribution >= 4 is 10.0 Å². The van der Waals surface area contributed by atoms with E-state index in [2.05, 4.69) is 31.7 Å². The molecule has 26 heavy (non-hydrogen) atoms. The number of nitrogens with one attached hydrogen (secondary N) is 2. The molecule has 0 aliphatic carbocycles. The van der Waals surface area contributed by atoms with Gasteiger partial charge in [0.15, 0.2) is 0 Å². The van der Waals surface area contributed by atoms with Crippen LogP contribution in [0.5, 0.6) is 0 Å². The minimum absolute atomic E-state index is 0.186. The maximum atomic E-state index is 13.0. The first-order valence-electron chi connectivity index (χ1n) is 9.03. The van der Waals surface area contributed by atoms with Gasteiger partial charge in [-0.25, -0.2) is 13.1 Å². The van der Waals surface area contributed by atoms with Crippen molar-refractivity contribution in [2.75, 3.05) is 19.6 Å². The molecule has 1 fully saturated rings.